The second-order valence-electron chi connectivity index (χ2n) is 6.29. The Morgan fingerprint density at radius 3 is 2.57 bits per heavy atom. The Bertz CT molecular complexity index is 1120. The average molecular weight is 370 g/mol. The molecule has 0 fully saturated rings. The van der Waals surface area contributed by atoms with Crippen LogP contribution < -0.4 is 11.1 Å². The predicted octanol–water partition coefficient (Wildman–Crippen LogP) is 2.84. The number of nitrogens with two attached hydrogens (primary N) is 1. The van der Waals surface area contributed by atoms with Crippen LogP contribution in [0.2, 0.25) is 0 Å². The van der Waals surface area contributed by atoms with Gasteiger partial charge in [0, 0.05) is 36.7 Å². The zero-order valence-electron chi connectivity index (χ0n) is 15.0. The van der Waals surface area contributed by atoms with Crippen LogP contribution in [0.5, 0.6) is 0 Å². The first-order valence-electron chi connectivity index (χ1n) is 8.86. The number of carbonyl (C=O) groups is 1. The molecule has 1 aromatic carbocycles. The minimum Gasteiger partial charge on any atom is -0.382 e. The molecule has 1 amide bonds. The smallest absolute Gasteiger partial charge is 0.271 e. The maximum Gasteiger partial charge on any atom is 0.271 e. The summed E-state index contributed by atoms with van der Waals surface area (Å²) in [5.41, 5.74) is 10.1. The molecule has 0 aliphatic rings. The van der Waals surface area contributed by atoms with Crippen molar-refractivity contribution in [2.75, 3.05) is 11.9 Å². The number of hydrogen-bond acceptors (Lipinski definition) is 6. The van der Waals surface area contributed by atoms with E-state index in [0.29, 0.717) is 17.7 Å². The van der Waals surface area contributed by atoms with Crippen molar-refractivity contribution in [3.05, 3.63) is 78.5 Å². The summed E-state index contributed by atoms with van der Waals surface area (Å²) in [6.45, 7) is 0.610. The van der Waals surface area contributed by atoms with Crippen molar-refractivity contribution in [3.8, 4) is 11.1 Å². The van der Waals surface area contributed by atoms with Crippen molar-refractivity contribution in [2.45, 2.75) is 6.42 Å². The number of rotatable bonds is 6. The Balaban J connectivity index is 1.68. The van der Waals surface area contributed by atoms with E-state index < -0.39 is 5.91 Å². The van der Waals surface area contributed by atoms with E-state index in [1.54, 1.807) is 18.6 Å². The van der Waals surface area contributed by atoms with Gasteiger partial charge in [-0.15, -0.1) is 10.2 Å². The molecule has 0 aliphatic heterocycles. The second-order valence-corrected chi connectivity index (χ2v) is 6.29. The van der Waals surface area contributed by atoms with Gasteiger partial charge in [-0.05, 0) is 53.4 Å². The third-order valence-electron chi connectivity index (χ3n) is 4.45. The molecule has 0 spiro atoms. The van der Waals surface area contributed by atoms with Crippen molar-refractivity contribution < 1.29 is 4.79 Å². The van der Waals surface area contributed by atoms with Crippen LogP contribution in [-0.4, -0.2) is 32.6 Å². The molecule has 0 radical (unpaired) electrons. The minimum absolute atomic E-state index is 0.135. The van der Waals surface area contributed by atoms with Crippen LogP contribution in [0.4, 0.5) is 5.69 Å². The number of nitrogens with one attached hydrogen (secondary N) is 1. The van der Waals surface area contributed by atoms with E-state index >= 15 is 0 Å². The molecule has 3 aromatic heterocycles. The quantitative estimate of drug-likeness (QED) is 0.540. The summed E-state index contributed by atoms with van der Waals surface area (Å²) in [6, 6.07) is 13.6. The minimum atomic E-state index is -0.614. The highest BCUT2D eigenvalue weighted by molar-refractivity contribution is 6.05. The Kier molecular flexibility index (Phi) is 4.88. The zero-order chi connectivity index (χ0) is 19.3. The van der Waals surface area contributed by atoms with Gasteiger partial charge >= 0.3 is 0 Å². The van der Waals surface area contributed by atoms with Crippen molar-refractivity contribution in [1.29, 1.82) is 0 Å². The molecule has 0 saturated heterocycles. The molecule has 7 nitrogen and oxygen atoms in total. The third kappa shape index (κ3) is 3.64. The number of aromatic nitrogens is 4. The maximum absolute atomic E-state index is 11.8. The lowest BCUT2D eigenvalue weighted by Gasteiger charge is -2.13. The number of primary amides is 1. The highest BCUT2D eigenvalue weighted by Gasteiger charge is 2.15. The van der Waals surface area contributed by atoms with E-state index in [4.69, 9.17) is 5.73 Å². The summed E-state index contributed by atoms with van der Waals surface area (Å²) in [5, 5.41) is 12.4. The number of hydrogen-bond donors (Lipinski definition) is 2. The number of anilines is 1. The van der Waals surface area contributed by atoms with E-state index in [9.17, 15) is 4.79 Å². The van der Waals surface area contributed by atoms with Crippen LogP contribution in [0.25, 0.3) is 22.0 Å². The van der Waals surface area contributed by atoms with Gasteiger partial charge in [0.05, 0.1) is 11.2 Å². The second kappa shape index (κ2) is 7.79. The lowest BCUT2D eigenvalue weighted by atomic mass is 10.0. The van der Waals surface area contributed by atoms with Crippen molar-refractivity contribution in [2.24, 2.45) is 5.73 Å². The summed E-state index contributed by atoms with van der Waals surface area (Å²) in [4.78, 5) is 20.0. The van der Waals surface area contributed by atoms with E-state index in [1.165, 1.54) is 0 Å². The normalized spacial score (nSPS) is 10.7. The molecule has 138 valence electrons. The van der Waals surface area contributed by atoms with Crippen molar-refractivity contribution in [3.63, 3.8) is 0 Å². The lowest BCUT2D eigenvalue weighted by Crippen LogP contribution is -2.18. The molecule has 3 heterocycles. The van der Waals surface area contributed by atoms with Gasteiger partial charge in [0.25, 0.3) is 5.91 Å². The predicted molar refractivity (Wildman–Crippen MR) is 108 cm³/mol. The monoisotopic (exact) mass is 370 g/mol. The van der Waals surface area contributed by atoms with Crippen LogP contribution in [0.1, 0.15) is 16.1 Å². The highest BCUT2D eigenvalue weighted by Crippen LogP contribution is 2.28. The summed E-state index contributed by atoms with van der Waals surface area (Å²) < 4.78 is 0. The van der Waals surface area contributed by atoms with Crippen LogP contribution in [0, 0.1) is 0 Å². The Morgan fingerprint density at radius 1 is 0.964 bits per heavy atom. The van der Waals surface area contributed by atoms with E-state index in [1.807, 2.05) is 48.7 Å². The fraction of sp³-hybridized carbons (Fsp3) is 0.0952. The fourth-order valence-electron chi connectivity index (χ4n) is 3.06. The fourth-order valence-corrected chi connectivity index (χ4v) is 3.06. The Hall–Kier alpha value is -3.87. The van der Waals surface area contributed by atoms with Gasteiger partial charge in [-0.1, -0.05) is 12.1 Å². The number of nitrogens with zero attached hydrogens (tertiary/aromatic N) is 4. The lowest BCUT2D eigenvalue weighted by molar-refractivity contribution is 0.0995. The summed E-state index contributed by atoms with van der Waals surface area (Å²) in [5.74, 6) is -0.614. The van der Waals surface area contributed by atoms with Crippen LogP contribution in [-0.2, 0) is 6.42 Å². The number of pyridine rings is 2. The van der Waals surface area contributed by atoms with Gasteiger partial charge in [-0.2, -0.15) is 0 Å². The van der Waals surface area contributed by atoms with E-state index in [2.05, 4.69) is 25.5 Å². The Morgan fingerprint density at radius 2 is 1.82 bits per heavy atom. The van der Waals surface area contributed by atoms with Crippen molar-refractivity contribution >= 4 is 22.5 Å². The first kappa shape index (κ1) is 17.5. The first-order chi connectivity index (χ1) is 13.7. The summed E-state index contributed by atoms with van der Waals surface area (Å²) >= 11 is 0. The first-order valence-corrected chi connectivity index (χ1v) is 8.86. The molecule has 0 unspecified atom stereocenters. The van der Waals surface area contributed by atoms with Crippen molar-refractivity contribution in [1.82, 2.24) is 20.2 Å². The number of fused-ring (bicyclic) bond motifs is 1. The molecule has 3 N–H and O–H groups in total. The maximum atomic E-state index is 11.8. The van der Waals surface area contributed by atoms with Gasteiger partial charge in [0.1, 0.15) is 0 Å². The third-order valence-corrected chi connectivity index (χ3v) is 4.45. The molecule has 4 aromatic rings. The molecule has 0 bridgehead atoms. The van der Waals surface area contributed by atoms with Crippen LogP contribution >= 0.6 is 0 Å². The molecular formula is C21H18N6O. The van der Waals surface area contributed by atoms with Gasteiger partial charge < -0.3 is 11.1 Å². The van der Waals surface area contributed by atoms with Gasteiger partial charge in [-0.3, -0.25) is 14.8 Å². The van der Waals surface area contributed by atoms with Gasteiger partial charge in [0.2, 0.25) is 0 Å². The van der Waals surface area contributed by atoms with E-state index in [0.717, 1.165) is 28.5 Å². The Labute approximate surface area is 161 Å². The summed E-state index contributed by atoms with van der Waals surface area (Å²) in [7, 11) is 0. The molecule has 28 heavy (non-hydrogen) atoms. The molecule has 0 aliphatic carbocycles. The SMILES string of the molecule is NC(=O)c1nnc2cc(-c3ccncc3)ccc2c1NCCc1cccnc1. The number of benzene rings is 1. The average Bonchev–Trinajstić information content (AvgIpc) is 2.74. The highest BCUT2D eigenvalue weighted by atomic mass is 16.1. The zero-order valence-corrected chi connectivity index (χ0v) is 15.0. The molecular weight excluding hydrogens is 352 g/mol. The van der Waals surface area contributed by atoms with Crippen LogP contribution in [0.3, 0.4) is 0 Å². The number of amides is 1. The molecule has 7 heteroatoms. The van der Waals surface area contributed by atoms with E-state index in [-0.39, 0.29) is 5.69 Å². The van der Waals surface area contributed by atoms with Gasteiger partial charge in [-0.25, -0.2) is 0 Å². The molecule has 4 rings (SSSR count). The molecule has 0 atom stereocenters. The van der Waals surface area contributed by atoms with Crippen LogP contribution in [0.15, 0.2) is 67.3 Å². The number of carbonyl (C=O) groups excluding carboxylic acids is 1. The largest absolute Gasteiger partial charge is 0.382 e. The molecule has 0 saturated carbocycles. The standard InChI is InChI=1S/C21H18N6O/c22-21(28)20-19(25-11-5-14-2-1-8-24-13-14)17-4-3-16(12-18(17)26-27-20)15-6-9-23-10-7-15/h1-4,6-10,12-13H,5,11H2,(H2,22,28)(H,25,26). The summed E-state index contributed by atoms with van der Waals surface area (Å²) in [6.07, 6.45) is 7.80. The topological polar surface area (TPSA) is 107 Å². The van der Waals surface area contributed by atoms with Gasteiger partial charge in [0.15, 0.2) is 5.69 Å².